The van der Waals surface area contributed by atoms with Crippen LogP contribution in [-0.2, 0) is 19.1 Å². The summed E-state index contributed by atoms with van der Waals surface area (Å²) in [6.45, 7) is 1.54. The van der Waals surface area contributed by atoms with Crippen molar-refractivity contribution < 1.29 is 24.2 Å². The van der Waals surface area contributed by atoms with E-state index in [0.29, 0.717) is 0 Å². The van der Waals surface area contributed by atoms with Crippen LogP contribution in [0.3, 0.4) is 0 Å². The molecule has 0 aromatic carbocycles. The van der Waals surface area contributed by atoms with Gasteiger partial charge >= 0.3 is 11.9 Å². The summed E-state index contributed by atoms with van der Waals surface area (Å²) >= 11 is 3.86. The Balaban J connectivity index is 4.35. The Morgan fingerprint density at radius 3 is 2.33 bits per heavy atom. The number of nitrogens with two attached hydrogens (primary N) is 1. The summed E-state index contributed by atoms with van der Waals surface area (Å²) in [6.07, 6.45) is -2.04. The molecule has 86 valence electrons. The highest BCUT2D eigenvalue weighted by Gasteiger charge is 2.26. The van der Waals surface area contributed by atoms with E-state index in [9.17, 15) is 14.4 Å². The molecule has 2 atom stereocenters. The highest BCUT2D eigenvalue weighted by atomic mass is 32.1. The summed E-state index contributed by atoms with van der Waals surface area (Å²) in [5.41, 5.74) is 4.81. The van der Waals surface area contributed by atoms with Crippen molar-refractivity contribution >= 4 is 30.5 Å². The van der Waals surface area contributed by atoms with Gasteiger partial charge in [0, 0.05) is 5.75 Å². The minimum atomic E-state index is -1.52. The average molecular weight is 235 g/mol. The minimum absolute atomic E-state index is 0.238. The Morgan fingerprint density at radius 2 is 2.00 bits per heavy atom. The second-order valence-electron chi connectivity index (χ2n) is 3.02. The van der Waals surface area contributed by atoms with Gasteiger partial charge in [-0.15, -0.1) is 0 Å². The Bertz CT molecular complexity index is 268. The van der Waals surface area contributed by atoms with Gasteiger partial charge in [-0.3, -0.25) is 9.59 Å². The summed E-state index contributed by atoms with van der Waals surface area (Å²) < 4.78 is 4.59. The van der Waals surface area contributed by atoms with E-state index in [1.807, 2.05) is 0 Å². The van der Waals surface area contributed by atoms with Crippen molar-refractivity contribution in [2.45, 2.75) is 19.4 Å². The third-order valence-corrected chi connectivity index (χ3v) is 2.14. The van der Waals surface area contributed by atoms with Gasteiger partial charge in [0.1, 0.15) is 0 Å². The summed E-state index contributed by atoms with van der Waals surface area (Å²) in [4.78, 5) is 32.2. The monoisotopic (exact) mass is 235 g/mol. The quantitative estimate of drug-likeness (QED) is 0.422. The molecule has 0 aliphatic rings. The highest BCUT2D eigenvalue weighted by Crippen LogP contribution is 2.06. The number of hydrogen-bond acceptors (Lipinski definition) is 5. The van der Waals surface area contributed by atoms with Crippen LogP contribution >= 0.6 is 12.6 Å². The van der Waals surface area contributed by atoms with Crippen LogP contribution in [0.15, 0.2) is 0 Å². The van der Waals surface area contributed by atoms with Crippen LogP contribution in [0.1, 0.15) is 13.3 Å². The van der Waals surface area contributed by atoms with Crippen molar-refractivity contribution in [1.29, 1.82) is 0 Å². The molecule has 0 heterocycles. The lowest BCUT2D eigenvalue weighted by molar-refractivity contribution is -0.167. The van der Waals surface area contributed by atoms with Crippen LogP contribution in [-0.4, -0.2) is 34.8 Å². The zero-order chi connectivity index (χ0) is 12.0. The molecule has 1 amide bonds. The first-order valence-electron chi connectivity index (χ1n) is 4.21. The maximum Gasteiger partial charge on any atom is 0.345 e. The fraction of sp³-hybridized carbons (Fsp3) is 0.625. The minimum Gasteiger partial charge on any atom is -0.478 e. The molecule has 6 nitrogen and oxygen atoms in total. The number of carboxylic acid groups (broad SMARTS) is 1. The number of ether oxygens (including phenoxy) is 1. The van der Waals surface area contributed by atoms with Gasteiger partial charge < -0.3 is 15.6 Å². The SMILES string of the molecule is C[C@H](CS)C(=O)O[C@@H](CC(N)=O)C(=O)O. The third kappa shape index (κ3) is 5.26. The van der Waals surface area contributed by atoms with Gasteiger partial charge in [-0.05, 0) is 0 Å². The average Bonchev–Trinajstić information content (AvgIpc) is 2.14. The molecule has 0 saturated heterocycles. The largest absolute Gasteiger partial charge is 0.478 e. The predicted molar refractivity (Wildman–Crippen MR) is 54.3 cm³/mol. The molecule has 0 aromatic rings. The fourth-order valence-corrected chi connectivity index (χ4v) is 0.842. The lowest BCUT2D eigenvalue weighted by atomic mass is 10.2. The Kier molecular flexibility index (Phi) is 5.76. The first kappa shape index (κ1) is 13.8. The van der Waals surface area contributed by atoms with E-state index in [4.69, 9.17) is 10.8 Å². The molecule has 0 saturated carbocycles. The molecule has 0 spiro atoms. The van der Waals surface area contributed by atoms with Crippen LogP contribution in [0.5, 0.6) is 0 Å². The maximum absolute atomic E-state index is 11.2. The van der Waals surface area contributed by atoms with E-state index in [1.165, 1.54) is 0 Å². The third-order valence-electron chi connectivity index (χ3n) is 1.60. The Hall–Kier alpha value is -1.24. The van der Waals surface area contributed by atoms with Crippen molar-refractivity contribution in [2.24, 2.45) is 11.7 Å². The maximum atomic E-state index is 11.2. The molecular weight excluding hydrogens is 222 g/mol. The summed E-state index contributed by atoms with van der Waals surface area (Å²) in [6, 6.07) is 0. The summed E-state index contributed by atoms with van der Waals surface area (Å²) in [7, 11) is 0. The van der Waals surface area contributed by atoms with E-state index < -0.39 is 36.3 Å². The van der Waals surface area contributed by atoms with Crippen molar-refractivity contribution in [1.82, 2.24) is 0 Å². The van der Waals surface area contributed by atoms with Gasteiger partial charge in [0.05, 0.1) is 12.3 Å². The lowest BCUT2D eigenvalue weighted by Crippen LogP contribution is -2.33. The van der Waals surface area contributed by atoms with Crippen LogP contribution in [0.2, 0.25) is 0 Å². The number of hydrogen-bond donors (Lipinski definition) is 3. The van der Waals surface area contributed by atoms with E-state index in [-0.39, 0.29) is 5.75 Å². The van der Waals surface area contributed by atoms with E-state index in [0.717, 1.165) is 0 Å². The first-order chi connectivity index (χ1) is 6.88. The zero-order valence-corrected chi connectivity index (χ0v) is 9.07. The van der Waals surface area contributed by atoms with Crippen molar-refractivity contribution in [2.75, 3.05) is 5.75 Å². The Labute approximate surface area is 92.2 Å². The lowest BCUT2D eigenvalue weighted by Gasteiger charge is -2.14. The number of carboxylic acids is 1. The molecule has 0 aliphatic heterocycles. The molecule has 0 radical (unpaired) electrons. The predicted octanol–water partition coefficient (Wildman–Crippen LogP) is -0.576. The summed E-state index contributed by atoms with van der Waals surface area (Å²) in [5, 5.41) is 8.62. The number of primary amides is 1. The molecule has 0 bridgehead atoms. The molecule has 0 rings (SSSR count). The normalized spacial score (nSPS) is 14.0. The van der Waals surface area contributed by atoms with Crippen LogP contribution in [0.4, 0.5) is 0 Å². The number of carbonyl (C=O) groups excluding carboxylic acids is 2. The number of esters is 1. The topological polar surface area (TPSA) is 107 Å². The van der Waals surface area contributed by atoms with Gasteiger partial charge in [0.2, 0.25) is 12.0 Å². The van der Waals surface area contributed by atoms with Crippen molar-refractivity contribution in [3.8, 4) is 0 Å². The van der Waals surface area contributed by atoms with E-state index >= 15 is 0 Å². The standard InChI is InChI=1S/C8H13NO5S/c1-4(3-15)8(13)14-5(7(11)12)2-6(9)10/h4-5,15H,2-3H2,1H3,(H2,9,10)(H,11,12)/t4-,5+/m1/s1. The number of rotatable bonds is 6. The molecule has 3 N–H and O–H groups in total. The van der Waals surface area contributed by atoms with Crippen LogP contribution < -0.4 is 5.73 Å². The number of aliphatic carboxylic acids is 1. The molecule has 0 fully saturated rings. The number of thiol groups is 1. The van der Waals surface area contributed by atoms with E-state index in [1.54, 1.807) is 6.92 Å². The molecule has 7 heteroatoms. The van der Waals surface area contributed by atoms with Gasteiger partial charge in [0.15, 0.2) is 0 Å². The number of amides is 1. The Morgan fingerprint density at radius 1 is 1.47 bits per heavy atom. The van der Waals surface area contributed by atoms with Crippen LogP contribution in [0.25, 0.3) is 0 Å². The van der Waals surface area contributed by atoms with Gasteiger partial charge in [-0.2, -0.15) is 12.6 Å². The second-order valence-corrected chi connectivity index (χ2v) is 3.38. The highest BCUT2D eigenvalue weighted by molar-refractivity contribution is 7.80. The fourth-order valence-electron chi connectivity index (χ4n) is 0.693. The molecular formula is C8H13NO5S. The zero-order valence-electron chi connectivity index (χ0n) is 8.17. The van der Waals surface area contributed by atoms with E-state index in [2.05, 4.69) is 17.4 Å². The van der Waals surface area contributed by atoms with Gasteiger partial charge in [-0.1, -0.05) is 6.92 Å². The molecule has 0 unspecified atom stereocenters. The van der Waals surface area contributed by atoms with Crippen molar-refractivity contribution in [3.63, 3.8) is 0 Å². The summed E-state index contributed by atoms with van der Waals surface area (Å²) in [5.74, 6) is -3.23. The van der Waals surface area contributed by atoms with Gasteiger partial charge in [-0.25, -0.2) is 4.79 Å². The van der Waals surface area contributed by atoms with Gasteiger partial charge in [0.25, 0.3) is 0 Å². The van der Waals surface area contributed by atoms with Crippen LogP contribution in [0, 0.1) is 5.92 Å². The smallest absolute Gasteiger partial charge is 0.345 e. The number of carbonyl (C=O) groups is 3. The second kappa shape index (κ2) is 6.28. The molecule has 15 heavy (non-hydrogen) atoms. The molecule has 0 aliphatic carbocycles. The molecule has 0 aromatic heterocycles. The first-order valence-corrected chi connectivity index (χ1v) is 4.84. The van der Waals surface area contributed by atoms with Crippen molar-refractivity contribution in [3.05, 3.63) is 0 Å².